The number of methoxy groups -OCH3 is 1. The molecule has 0 aliphatic carbocycles. The van der Waals surface area contributed by atoms with Crippen molar-refractivity contribution in [3.63, 3.8) is 0 Å². The SMILES string of the molecule is CN/N=C(\C=C/C=O)c1ccc(OC(F)F)c(OC)c1. The first-order valence-electron chi connectivity index (χ1n) is 5.61. The maximum Gasteiger partial charge on any atom is 0.387 e. The topological polar surface area (TPSA) is 59.9 Å². The molecule has 0 fully saturated rings. The molecule has 1 aromatic carbocycles. The van der Waals surface area contributed by atoms with Gasteiger partial charge in [-0.25, -0.2) is 0 Å². The van der Waals surface area contributed by atoms with E-state index in [1.807, 2.05) is 0 Å². The first-order valence-corrected chi connectivity index (χ1v) is 5.61. The molecule has 0 bridgehead atoms. The van der Waals surface area contributed by atoms with Crippen LogP contribution in [-0.4, -0.2) is 32.8 Å². The number of benzene rings is 1. The molecule has 1 rings (SSSR count). The highest BCUT2D eigenvalue weighted by atomic mass is 19.3. The van der Waals surface area contributed by atoms with E-state index in [4.69, 9.17) is 4.74 Å². The summed E-state index contributed by atoms with van der Waals surface area (Å²) in [5.74, 6) is 0.0699. The van der Waals surface area contributed by atoms with Gasteiger partial charge in [-0.3, -0.25) is 4.79 Å². The van der Waals surface area contributed by atoms with E-state index in [-0.39, 0.29) is 11.5 Å². The van der Waals surface area contributed by atoms with Crippen LogP contribution < -0.4 is 14.9 Å². The van der Waals surface area contributed by atoms with E-state index in [0.717, 1.165) is 0 Å². The van der Waals surface area contributed by atoms with Crippen molar-refractivity contribution < 1.29 is 23.0 Å². The number of alkyl halides is 2. The maximum atomic E-state index is 12.2. The summed E-state index contributed by atoms with van der Waals surface area (Å²) in [6, 6.07) is 4.37. The predicted octanol–water partition coefficient (Wildman–Crippen LogP) is 1.98. The molecule has 0 atom stereocenters. The molecule has 108 valence electrons. The molecule has 0 aromatic heterocycles. The highest BCUT2D eigenvalue weighted by molar-refractivity contribution is 6.10. The Labute approximate surface area is 114 Å². The van der Waals surface area contributed by atoms with Gasteiger partial charge in [0.25, 0.3) is 0 Å². The van der Waals surface area contributed by atoms with Crippen LogP contribution in [0.1, 0.15) is 5.56 Å². The number of halogens is 2. The van der Waals surface area contributed by atoms with Crippen molar-refractivity contribution in [2.45, 2.75) is 6.61 Å². The molecule has 7 heteroatoms. The van der Waals surface area contributed by atoms with Crippen LogP contribution in [0.5, 0.6) is 11.5 Å². The number of ether oxygens (including phenoxy) is 2. The number of nitrogens with one attached hydrogen (secondary N) is 1. The van der Waals surface area contributed by atoms with Gasteiger partial charge in [0.2, 0.25) is 0 Å². The molecule has 1 N–H and O–H groups in total. The second kappa shape index (κ2) is 7.88. The standard InChI is InChI=1S/C13H14F2N2O3/c1-16-17-10(4-3-7-18)9-5-6-11(20-13(14)15)12(8-9)19-2/h3-8,13,16H,1-2H3/b4-3-,17-10+. The Bertz CT molecular complexity index is 516. The van der Waals surface area contributed by atoms with Gasteiger partial charge >= 0.3 is 6.61 Å². The molecular formula is C13H14F2N2O3. The second-order valence-electron chi connectivity index (χ2n) is 3.46. The molecule has 0 amide bonds. The van der Waals surface area contributed by atoms with Crippen LogP contribution >= 0.6 is 0 Å². The quantitative estimate of drug-likeness (QED) is 0.360. The van der Waals surface area contributed by atoms with Crippen molar-refractivity contribution >= 4 is 12.0 Å². The summed E-state index contributed by atoms with van der Waals surface area (Å²) >= 11 is 0. The number of nitrogens with zero attached hydrogens (tertiary/aromatic N) is 1. The minimum Gasteiger partial charge on any atom is -0.493 e. The van der Waals surface area contributed by atoms with Gasteiger partial charge < -0.3 is 14.9 Å². The van der Waals surface area contributed by atoms with Crippen LogP contribution in [0.4, 0.5) is 8.78 Å². The number of hydrazone groups is 1. The normalized spacial score (nSPS) is 11.8. The van der Waals surface area contributed by atoms with Gasteiger partial charge in [-0.1, -0.05) is 0 Å². The van der Waals surface area contributed by atoms with Crippen molar-refractivity contribution in [3.05, 3.63) is 35.9 Å². The zero-order chi connectivity index (χ0) is 15.0. The minimum atomic E-state index is -2.94. The molecule has 5 nitrogen and oxygen atoms in total. The fourth-order valence-corrected chi connectivity index (χ4v) is 1.47. The lowest BCUT2D eigenvalue weighted by Gasteiger charge is -2.11. The molecule has 0 saturated carbocycles. The fraction of sp³-hybridized carbons (Fsp3) is 0.231. The average molecular weight is 284 g/mol. The molecular weight excluding hydrogens is 270 g/mol. The van der Waals surface area contributed by atoms with E-state index in [2.05, 4.69) is 15.3 Å². The Hall–Kier alpha value is -2.44. The summed E-state index contributed by atoms with van der Waals surface area (Å²) in [7, 11) is 2.94. The van der Waals surface area contributed by atoms with Crippen LogP contribution in [0.25, 0.3) is 0 Å². The smallest absolute Gasteiger partial charge is 0.387 e. The van der Waals surface area contributed by atoms with Gasteiger partial charge in [-0.15, -0.1) is 0 Å². The monoisotopic (exact) mass is 284 g/mol. The number of allylic oxidation sites excluding steroid dienone is 2. The molecule has 20 heavy (non-hydrogen) atoms. The fourth-order valence-electron chi connectivity index (χ4n) is 1.47. The summed E-state index contributed by atoms with van der Waals surface area (Å²) in [5.41, 5.74) is 3.61. The van der Waals surface area contributed by atoms with Crippen LogP contribution in [0.15, 0.2) is 35.5 Å². The van der Waals surface area contributed by atoms with Crippen molar-refractivity contribution in [1.29, 1.82) is 0 Å². The van der Waals surface area contributed by atoms with Crippen LogP contribution in [-0.2, 0) is 4.79 Å². The number of hydrogen-bond acceptors (Lipinski definition) is 5. The minimum absolute atomic E-state index is 0.0746. The number of hydrogen-bond donors (Lipinski definition) is 1. The van der Waals surface area contributed by atoms with Crippen LogP contribution in [0.3, 0.4) is 0 Å². The lowest BCUT2D eigenvalue weighted by molar-refractivity contribution is -0.104. The third-order valence-corrected chi connectivity index (χ3v) is 2.24. The Morgan fingerprint density at radius 3 is 2.70 bits per heavy atom. The van der Waals surface area contributed by atoms with Crippen LogP contribution in [0, 0.1) is 0 Å². The first kappa shape index (κ1) is 15.6. The molecule has 0 heterocycles. The van der Waals surface area contributed by atoms with Crippen molar-refractivity contribution in [2.75, 3.05) is 14.2 Å². The summed E-state index contributed by atoms with van der Waals surface area (Å²) in [6.45, 7) is -2.94. The third-order valence-electron chi connectivity index (χ3n) is 2.24. The summed E-state index contributed by atoms with van der Waals surface area (Å²) in [6.07, 6.45) is 3.36. The summed E-state index contributed by atoms with van der Waals surface area (Å²) < 4.78 is 33.8. The van der Waals surface area contributed by atoms with E-state index >= 15 is 0 Å². The van der Waals surface area contributed by atoms with Gasteiger partial charge in [-0.05, 0) is 30.4 Å². The van der Waals surface area contributed by atoms with Gasteiger partial charge in [0.05, 0.1) is 12.8 Å². The summed E-state index contributed by atoms with van der Waals surface area (Å²) in [4.78, 5) is 10.4. The number of carbonyl (C=O) groups is 1. The zero-order valence-electron chi connectivity index (χ0n) is 11.0. The summed E-state index contributed by atoms with van der Waals surface area (Å²) in [5, 5.41) is 3.97. The molecule has 0 saturated heterocycles. The Morgan fingerprint density at radius 2 is 2.15 bits per heavy atom. The highest BCUT2D eigenvalue weighted by Gasteiger charge is 2.12. The van der Waals surface area contributed by atoms with E-state index in [1.54, 1.807) is 7.05 Å². The molecule has 1 aromatic rings. The number of rotatable bonds is 7. The maximum absolute atomic E-state index is 12.2. The molecule has 0 aliphatic heterocycles. The van der Waals surface area contributed by atoms with Gasteiger partial charge in [0.1, 0.15) is 6.29 Å². The average Bonchev–Trinajstić information content (AvgIpc) is 2.43. The van der Waals surface area contributed by atoms with Crippen molar-refractivity contribution in [2.24, 2.45) is 5.10 Å². The Kier molecular flexibility index (Phi) is 6.15. The zero-order valence-corrected chi connectivity index (χ0v) is 11.0. The van der Waals surface area contributed by atoms with E-state index in [1.165, 1.54) is 37.5 Å². The third kappa shape index (κ3) is 4.34. The van der Waals surface area contributed by atoms with E-state index in [9.17, 15) is 13.6 Å². The predicted molar refractivity (Wildman–Crippen MR) is 70.4 cm³/mol. The first-order chi connectivity index (χ1) is 9.62. The molecule has 0 aliphatic rings. The second-order valence-corrected chi connectivity index (χ2v) is 3.46. The van der Waals surface area contributed by atoms with Crippen LogP contribution in [0.2, 0.25) is 0 Å². The van der Waals surface area contributed by atoms with Crippen molar-refractivity contribution in [1.82, 2.24) is 5.43 Å². The lowest BCUT2D eigenvalue weighted by atomic mass is 10.1. The Balaban J connectivity index is 3.15. The van der Waals surface area contributed by atoms with Crippen molar-refractivity contribution in [3.8, 4) is 11.5 Å². The molecule has 0 spiro atoms. The van der Waals surface area contributed by atoms with E-state index < -0.39 is 6.61 Å². The van der Waals surface area contributed by atoms with E-state index in [0.29, 0.717) is 17.6 Å². The number of aldehydes is 1. The Morgan fingerprint density at radius 1 is 1.40 bits per heavy atom. The van der Waals surface area contributed by atoms with Gasteiger partial charge in [0, 0.05) is 12.6 Å². The van der Waals surface area contributed by atoms with Gasteiger partial charge in [0.15, 0.2) is 11.5 Å². The highest BCUT2D eigenvalue weighted by Crippen LogP contribution is 2.29. The number of carbonyl (C=O) groups excluding carboxylic acids is 1. The lowest BCUT2D eigenvalue weighted by Crippen LogP contribution is -2.07. The molecule has 0 unspecified atom stereocenters. The largest absolute Gasteiger partial charge is 0.493 e. The van der Waals surface area contributed by atoms with Gasteiger partial charge in [-0.2, -0.15) is 13.9 Å². The molecule has 0 radical (unpaired) electrons.